The summed E-state index contributed by atoms with van der Waals surface area (Å²) in [6.07, 6.45) is 4.45. The normalized spacial score (nSPS) is 11.7. The van der Waals surface area contributed by atoms with Crippen molar-refractivity contribution in [3.05, 3.63) is 254 Å². The van der Waals surface area contributed by atoms with E-state index in [0.29, 0.717) is 0 Å². The number of nitrogens with zero attached hydrogens (tertiary/aromatic N) is 2. The third kappa shape index (κ3) is 6.88. The van der Waals surface area contributed by atoms with E-state index in [0.717, 1.165) is 45.3 Å². The molecule has 0 aliphatic heterocycles. The topological polar surface area (TPSA) is 6.48 Å². The quantitative estimate of drug-likeness (QED) is 0.141. The van der Waals surface area contributed by atoms with Crippen LogP contribution >= 0.6 is 0 Å². The summed E-state index contributed by atoms with van der Waals surface area (Å²) in [7, 11) is 0. The van der Waals surface area contributed by atoms with Gasteiger partial charge in [-0.25, -0.2) is 0 Å². The third-order valence-corrected chi connectivity index (χ3v) is 12.7. The molecule has 0 N–H and O–H groups in total. The second-order valence-electron chi connectivity index (χ2n) is 16.6. The highest BCUT2D eigenvalue weighted by Gasteiger charge is 2.18. The van der Waals surface area contributed by atoms with Crippen molar-refractivity contribution < 1.29 is 0 Å². The first-order valence-electron chi connectivity index (χ1n) is 22.0. The molecule has 0 bridgehead atoms. The molecule has 2 heteroatoms. The molecule has 0 radical (unpaired) electrons. The lowest BCUT2D eigenvalue weighted by Gasteiger charge is -2.27. The minimum Gasteiger partial charge on any atom is -0.310 e. The Morgan fingerprint density at radius 2 is 0.516 bits per heavy atom. The van der Waals surface area contributed by atoms with Gasteiger partial charge in [0.2, 0.25) is 0 Å². The van der Waals surface area contributed by atoms with E-state index in [4.69, 9.17) is 0 Å². The molecule has 300 valence electrons. The highest BCUT2D eigenvalue weighted by atomic mass is 15.1. The fourth-order valence-electron chi connectivity index (χ4n) is 9.47. The highest BCUT2D eigenvalue weighted by molar-refractivity contribution is 6.03. The molecule has 0 atom stereocenters. The van der Waals surface area contributed by atoms with Gasteiger partial charge in [0.05, 0.1) is 11.4 Å². The van der Waals surface area contributed by atoms with Crippen molar-refractivity contribution in [1.82, 2.24) is 0 Å². The van der Waals surface area contributed by atoms with Gasteiger partial charge >= 0.3 is 0 Å². The molecule has 2 nitrogen and oxygen atoms in total. The number of hydrogen-bond acceptors (Lipinski definition) is 2. The molecule has 64 heavy (non-hydrogen) atoms. The van der Waals surface area contributed by atoms with E-state index in [1.165, 1.54) is 64.6 Å². The van der Waals surface area contributed by atoms with Crippen molar-refractivity contribution in [2.75, 3.05) is 9.80 Å². The lowest BCUT2D eigenvalue weighted by atomic mass is 10.0. The van der Waals surface area contributed by atoms with Crippen LogP contribution in [0.15, 0.2) is 243 Å². The Hall–Kier alpha value is -8.46. The van der Waals surface area contributed by atoms with Crippen molar-refractivity contribution in [3.8, 4) is 0 Å². The van der Waals surface area contributed by atoms with Gasteiger partial charge < -0.3 is 9.80 Å². The summed E-state index contributed by atoms with van der Waals surface area (Å²) < 4.78 is 0. The van der Waals surface area contributed by atoms with Gasteiger partial charge in [0, 0.05) is 33.5 Å². The molecule has 0 saturated heterocycles. The van der Waals surface area contributed by atoms with Crippen LogP contribution in [0.1, 0.15) is 11.1 Å². The zero-order valence-corrected chi connectivity index (χ0v) is 35.1. The molecule has 0 spiro atoms. The summed E-state index contributed by atoms with van der Waals surface area (Å²) in [4.78, 5) is 4.80. The molecule has 0 aromatic heterocycles. The Balaban J connectivity index is 0.862. The summed E-state index contributed by atoms with van der Waals surface area (Å²) in [5, 5.41) is 14.6. The Labute approximate surface area is 372 Å². The van der Waals surface area contributed by atoms with Gasteiger partial charge in [-0.2, -0.15) is 0 Å². The van der Waals surface area contributed by atoms with E-state index in [9.17, 15) is 0 Å². The second kappa shape index (κ2) is 15.8. The van der Waals surface area contributed by atoms with Gasteiger partial charge in [-0.05, 0) is 138 Å². The van der Waals surface area contributed by atoms with Crippen LogP contribution in [0, 0.1) is 0 Å². The van der Waals surface area contributed by atoms with Gasteiger partial charge in [-0.3, -0.25) is 0 Å². The second-order valence-corrected chi connectivity index (χ2v) is 16.6. The Kier molecular flexibility index (Phi) is 9.20. The van der Waals surface area contributed by atoms with E-state index in [2.05, 4.69) is 265 Å². The SMILES string of the molecule is C(=C\c1ccc2cc(N(c3ccc4ccccc4c3)c3cccc4ccccc34)ccc2c1)/c1ccc2cc(N(c3ccc4ccccc4c3)c3cccc4ccccc34)ccc2c1. The molecule has 0 heterocycles. The van der Waals surface area contributed by atoms with Crippen LogP contribution in [0.3, 0.4) is 0 Å². The minimum atomic E-state index is 1.12. The zero-order valence-electron chi connectivity index (χ0n) is 35.1. The maximum Gasteiger partial charge on any atom is 0.0540 e. The molecule has 12 aromatic carbocycles. The van der Waals surface area contributed by atoms with Gasteiger partial charge in [0.15, 0.2) is 0 Å². The minimum absolute atomic E-state index is 1.12. The van der Waals surface area contributed by atoms with E-state index < -0.39 is 0 Å². The summed E-state index contributed by atoms with van der Waals surface area (Å²) in [6, 6.07) is 88.3. The molecule has 0 amide bonds. The number of benzene rings is 12. The number of hydrogen-bond donors (Lipinski definition) is 0. The average molecular weight is 815 g/mol. The number of anilines is 6. The van der Waals surface area contributed by atoms with E-state index in [1.807, 2.05) is 0 Å². The lowest BCUT2D eigenvalue weighted by molar-refractivity contribution is 1.31. The highest BCUT2D eigenvalue weighted by Crippen LogP contribution is 2.43. The van der Waals surface area contributed by atoms with Crippen molar-refractivity contribution >= 4 is 111 Å². The maximum atomic E-state index is 2.40. The van der Waals surface area contributed by atoms with Crippen LogP contribution in [-0.2, 0) is 0 Å². The molecule has 12 aromatic rings. The fourth-order valence-corrected chi connectivity index (χ4v) is 9.47. The van der Waals surface area contributed by atoms with Gasteiger partial charge in [0.1, 0.15) is 0 Å². The van der Waals surface area contributed by atoms with Gasteiger partial charge in [-0.1, -0.05) is 182 Å². The van der Waals surface area contributed by atoms with Crippen LogP contribution in [0.4, 0.5) is 34.1 Å². The van der Waals surface area contributed by atoms with Crippen LogP contribution in [-0.4, -0.2) is 0 Å². The summed E-state index contributed by atoms with van der Waals surface area (Å²) in [6.45, 7) is 0. The molecule has 0 unspecified atom stereocenters. The van der Waals surface area contributed by atoms with Crippen LogP contribution in [0.2, 0.25) is 0 Å². The monoisotopic (exact) mass is 814 g/mol. The largest absolute Gasteiger partial charge is 0.310 e. The Morgan fingerprint density at radius 3 is 0.938 bits per heavy atom. The van der Waals surface area contributed by atoms with E-state index in [1.54, 1.807) is 0 Å². The Morgan fingerprint density at radius 1 is 0.219 bits per heavy atom. The van der Waals surface area contributed by atoms with Gasteiger partial charge in [-0.15, -0.1) is 0 Å². The molecule has 0 aliphatic rings. The Bertz CT molecular complexity index is 3510. The first-order valence-corrected chi connectivity index (χ1v) is 22.0. The zero-order chi connectivity index (χ0) is 42.4. The van der Waals surface area contributed by atoms with Crippen LogP contribution in [0.5, 0.6) is 0 Å². The molecule has 12 rings (SSSR count). The molecule has 0 saturated carbocycles. The summed E-state index contributed by atoms with van der Waals surface area (Å²) >= 11 is 0. The lowest BCUT2D eigenvalue weighted by Crippen LogP contribution is -2.10. The molecule has 0 fully saturated rings. The standard InChI is InChI=1S/C62H42N2/c1-3-15-49-39-55(33-29-45(49)11-1)63(61-21-9-17-47-13-5-7-19-59(47)61)57-35-31-51-37-43(25-27-53(51)41-57)23-24-44-26-28-54-42-58(36-32-52(54)38-44)64(56-34-30-46-12-2-4-16-50(46)40-56)62-22-10-18-48-14-6-8-20-60(48)62/h1-42H/b24-23+. The predicted molar refractivity (Wildman–Crippen MR) is 276 cm³/mol. The summed E-state index contributed by atoms with van der Waals surface area (Å²) in [5.41, 5.74) is 9.16. The first kappa shape index (κ1) is 37.3. The smallest absolute Gasteiger partial charge is 0.0540 e. The molecular weight excluding hydrogens is 773 g/mol. The number of fused-ring (bicyclic) bond motifs is 6. The van der Waals surface area contributed by atoms with E-state index in [-0.39, 0.29) is 0 Å². The molecule has 0 aliphatic carbocycles. The molecular formula is C62H42N2. The average Bonchev–Trinajstić information content (AvgIpc) is 3.36. The van der Waals surface area contributed by atoms with Crippen LogP contribution < -0.4 is 9.80 Å². The van der Waals surface area contributed by atoms with Crippen molar-refractivity contribution in [3.63, 3.8) is 0 Å². The first-order chi connectivity index (χ1) is 31.7. The third-order valence-electron chi connectivity index (χ3n) is 12.7. The van der Waals surface area contributed by atoms with Crippen molar-refractivity contribution in [2.45, 2.75) is 0 Å². The van der Waals surface area contributed by atoms with Crippen LogP contribution in [0.25, 0.3) is 76.8 Å². The van der Waals surface area contributed by atoms with E-state index >= 15 is 0 Å². The fraction of sp³-hybridized carbons (Fsp3) is 0. The maximum absolute atomic E-state index is 2.40. The predicted octanol–water partition coefficient (Wildman–Crippen LogP) is 17.7. The summed E-state index contributed by atoms with van der Waals surface area (Å²) in [5.74, 6) is 0. The van der Waals surface area contributed by atoms with Crippen molar-refractivity contribution in [2.24, 2.45) is 0 Å². The van der Waals surface area contributed by atoms with Gasteiger partial charge in [0.25, 0.3) is 0 Å². The van der Waals surface area contributed by atoms with Crippen molar-refractivity contribution in [1.29, 1.82) is 0 Å². The number of rotatable bonds is 8.